The molecule has 0 N–H and O–H groups in total. The Hall–Kier alpha value is -3.07. The van der Waals surface area contributed by atoms with Gasteiger partial charge in [-0.25, -0.2) is 4.39 Å². The van der Waals surface area contributed by atoms with Gasteiger partial charge in [0.1, 0.15) is 11.6 Å². The Balaban J connectivity index is 1.34. The van der Waals surface area contributed by atoms with Crippen molar-refractivity contribution in [3.63, 3.8) is 0 Å². The van der Waals surface area contributed by atoms with Crippen LogP contribution in [-0.2, 0) is 5.75 Å². The second-order valence-electron chi connectivity index (χ2n) is 5.57. The van der Waals surface area contributed by atoms with E-state index in [9.17, 15) is 4.39 Å². The van der Waals surface area contributed by atoms with E-state index in [1.807, 2.05) is 0 Å². The average molecular weight is 387 g/mol. The molecule has 138 valence electrons. The highest BCUT2D eigenvalue weighted by atomic mass is 32.2. The third-order valence-electron chi connectivity index (χ3n) is 3.56. The van der Waals surface area contributed by atoms with Gasteiger partial charge < -0.3 is 18.1 Å². The number of thioether (sulfide) groups is 1. The molecule has 1 unspecified atom stereocenters. The van der Waals surface area contributed by atoms with Crippen LogP contribution in [0.5, 0.6) is 5.75 Å². The van der Waals surface area contributed by atoms with Crippen molar-refractivity contribution in [2.24, 2.45) is 0 Å². The molecule has 0 radical (unpaired) electrons. The molecule has 1 aromatic carbocycles. The van der Waals surface area contributed by atoms with Gasteiger partial charge in [-0.3, -0.25) is 0 Å². The van der Waals surface area contributed by atoms with E-state index >= 15 is 0 Å². The Kier molecular flexibility index (Phi) is 4.93. The Morgan fingerprint density at radius 3 is 2.78 bits per heavy atom. The Bertz CT molecular complexity index is 998. The summed E-state index contributed by atoms with van der Waals surface area (Å²) < 4.78 is 34.7. The van der Waals surface area contributed by atoms with E-state index in [1.54, 1.807) is 43.5 Å². The summed E-state index contributed by atoms with van der Waals surface area (Å²) in [6, 6.07) is 11.1. The number of furan rings is 1. The van der Waals surface area contributed by atoms with E-state index in [4.69, 9.17) is 18.1 Å². The standard InChI is InChI=1S/C18H14FN3O4S/c1-11(24-14-6-4-12(19)5-7-14)17-20-21-18(25-17)27-10-13-9-16(26-22-13)15-3-2-8-23-15/h2-9,11H,10H2,1H3. The fourth-order valence-corrected chi connectivity index (χ4v) is 2.91. The monoisotopic (exact) mass is 387 g/mol. The highest BCUT2D eigenvalue weighted by Gasteiger charge is 2.17. The molecule has 27 heavy (non-hydrogen) atoms. The van der Waals surface area contributed by atoms with Crippen molar-refractivity contribution in [2.75, 3.05) is 0 Å². The molecule has 0 aliphatic rings. The minimum absolute atomic E-state index is 0.324. The van der Waals surface area contributed by atoms with E-state index in [1.165, 1.54) is 23.9 Å². The topological polar surface area (TPSA) is 87.3 Å². The number of rotatable bonds is 7. The predicted molar refractivity (Wildman–Crippen MR) is 93.5 cm³/mol. The van der Waals surface area contributed by atoms with Crippen molar-refractivity contribution in [3.05, 3.63) is 66.1 Å². The van der Waals surface area contributed by atoms with Gasteiger partial charge in [0, 0.05) is 11.8 Å². The first kappa shape index (κ1) is 17.3. The molecule has 0 amide bonds. The second kappa shape index (κ2) is 7.67. The van der Waals surface area contributed by atoms with Gasteiger partial charge in [0.25, 0.3) is 11.1 Å². The zero-order valence-electron chi connectivity index (χ0n) is 14.2. The fourth-order valence-electron chi connectivity index (χ4n) is 2.26. The van der Waals surface area contributed by atoms with Gasteiger partial charge in [0.15, 0.2) is 11.9 Å². The third-order valence-corrected chi connectivity index (χ3v) is 4.41. The number of halogens is 1. The molecular weight excluding hydrogens is 373 g/mol. The summed E-state index contributed by atoms with van der Waals surface area (Å²) in [6.07, 6.45) is 1.11. The molecule has 9 heteroatoms. The maximum atomic E-state index is 12.9. The molecule has 0 saturated carbocycles. The fraction of sp³-hybridized carbons (Fsp3) is 0.167. The lowest BCUT2D eigenvalue weighted by atomic mass is 10.3. The summed E-state index contributed by atoms with van der Waals surface area (Å²) in [6.45, 7) is 1.78. The summed E-state index contributed by atoms with van der Waals surface area (Å²) in [4.78, 5) is 0. The van der Waals surface area contributed by atoms with Crippen LogP contribution in [0, 0.1) is 5.82 Å². The summed E-state index contributed by atoms with van der Waals surface area (Å²) >= 11 is 1.33. The van der Waals surface area contributed by atoms with E-state index in [0.29, 0.717) is 34.1 Å². The number of hydrogen-bond acceptors (Lipinski definition) is 8. The third kappa shape index (κ3) is 4.20. The van der Waals surface area contributed by atoms with Crippen LogP contribution in [0.4, 0.5) is 4.39 Å². The van der Waals surface area contributed by atoms with Crippen molar-refractivity contribution in [1.82, 2.24) is 15.4 Å². The van der Waals surface area contributed by atoms with Gasteiger partial charge in [-0.15, -0.1) is 10.2 Å². The van der Waals surface area contributed by atoms with Gasteiger partial charge in [0.05, 0.1) is 12.0 Å². The van der Waals surface area contributed by atoms with Gasteiger partial charge in [-0.05, 0) is 43.3 Å². The van der Waals surface area contributed by atoms with Gasteiger partial charge >= 0.3 is 0 Å². The lowest BCUT2D eigenvalue weighted by Gasteiger charge is -2.10. The lowest BCUT2D eigenvalue weighted by Crippen LogP contribution is -2.03. The summed E-state index contributed by atoms with van der Waals surface area (Å²) in [5, 5.41) is 12.4. The van der Waals surface area contributed by atoms with Crippen LogP contribution in [0.2, 0.25) is 0 Å². The summed E-state index contributed by atoms with van der Waals surface area (Å²) in [7, 11) is 0. The highest BCUT2D eigenvalue weighted by Crippen LogP contribution is 2.27. The SMILES string of the molecule is CC(Oc1ccc(F)cc1)c1nnc(SCc2cc(-c3ccco3)on2)o1. The van der Waals surface area contributed by atoms with Crippen molar-refractivity contribution in [1.29, 1.82) is 0 Å². The zero-order chi connectivity index (χ0) is 18.6. The molecule has 0 aliphatic heterocycles. The van der Waals surface area contributed by atoms with Gasteiger partial charge in [0.2, 0.25) is 5.76 Å². The first-order chi connectivity index (χ1) is 13.2. The summed E-state index contributed by atoms with van der Waals surface area (Å²) in [5.74, 6) is 2.20. The number of hydrogen-bond donors (Lipinski definition) is 0. The molecule has 7 nitrogen and oxygen atoms in total. The Morgan fingerprint density at radius 2 is 2.00 bits per heavy atom. The van der Waals surface area contributed by atoms with Crippen molar-refractivity contribution >= 4 is 11.8 Å². The average Bonchev–Trinajstić information content (AvgIpc) is 3.42. The molecule has 3 heterocycles. The van der Waals surface area contributed by atoms with Crippen LogP contribution in [0.25, 0.3) is 11.5 Å². The van der Waals surface area contributed by atoms with Crippen LogP contribution in [0.3, 0.4) is 0 Å². The van der Waals surface area contributed by atoms with Crippen molar-refractivity contribution < 1.29 is 22.5 Å². The smallest absolute Gasteiger partial charge is 0.277 e. The normalized spacial score (nSPS) is 12.2. The van der Waals surface area contributed by atoms with Crippen LogP contribution in [0.1, 0.15) is 24.6 Å². The van der Waals surface area contributed by atoms with E-state index < -0.39 is 6.10 Å². The molecular formula is C18H14FN3O4S. The number of benzene rings is 1. The Labute approximate surface area is 157 Å². The maximum absolute atomic E-state index is 12.9. The molecule has 0 saturated heterocycles. The van der Waals surface area contributed by atoms with E-state index in [-0.39, 0.29) is 5.82 Å². The molecule has 0 fully saturated rings. The highest BCUT2D eigenvalue weighted by molar-refractivity contribution is 7.98. The van der Waals surface area contributed by atoms with E-state index in [0.717, 1.165) is 5.69 Å². The maximum Gasteiger partial charge on any atom is 0.277 e. The molecule has 0 aliphatic carbocycles. The molecule has 4 aromatic rings. The number of aromatic nitrogens is 3. The second-order valence-corrected chi connectivity index (χ2v) is 6.50. The molecule has 0 bridgehead atoms. The summed E-state index contributed by atoms with van der Waals surface area (Å²) in [5.41, 5.74) is 0.724. The first-order valence-corrected chi connectivity index (χ1v) is 9.04. The van der Waals surface area contributed by atoms with E-state index in [2.05, 4.69) is 15.4 Å². The Morgan fingerprint density at radius 1 is 1.15 bits per heavy atom. The lowest BCUT2D eigenvalue weighted by molar-refractivity contribution is 0.181. The van der Waals surface area contributed by atoms with Crippen molar-refractivity contribution in [3.8, 4) is 17.3 Å². The van der Waals surface area contributed by atoms with Crippen LogP contribution in [-0.4, -0.2) is 15.4 Å². The number of nitrogens with zero attached hydrogens (tertiary/aromatic N) is 3. The minimum Gasteiger partial charge on any atom is -0.481 e. The van der Waals surface area contributed by atoms with Gasteiger partial charge in [-0.1, -0.05) is 16.9 Å². The predicted octanol–water partition coefficient (Wildman–Crippen LogP) is 4.89. The quantitative estimate of drug-likeness (QED) is 0.414. The van der Waals surface area contributed by atoms with Crippen LogP contribution in [0.15, 0.2) is 67.3 Å². The van der Waals surface area contributed by atoms with Crippen molar-refractivity contribution in [2.45, 2.75) is 24.0 Å². The largest absolute Gasteiger partial charge is 0.481 e. The van der Waals surface area contributed by atoms with Crippen LogP contribution < -0.4 is 4.74 Å². The van der Waals surface area contributed by atoms with Crippen LogP contribution >= 0.6 is 11.8 Å². The molecule has 1 atom stereocenters. The minimum atomic E-state index is -0.463. The molecule has 0 spiro atoms. The zero-order valence-corrected chi connectivity index (χ0v) is 15.0. The van der Waals surface area contributed by atoms with Gasteiger partial charge in [-0.2, -0.15) is 0 Å². The first-order valence-electron chi connectivity index (χ1n) is 8.05. The number of ether oxygens (including phenoxy) is 1. The molecule has 3 aromatic heterocycles. The molecule has 4 rings (SSSR count).